The Hall–Kier alpha value is -3.42. The maximum absolute atomic E-state index is 13.3. The molecule has 1 aromatic heterocycles. The van der Waals surface area contributed by atoms with Crippen molar-refractivity contribution in [2.45, 2.75) is 51.6 Å². The molecule has 2 fully saturated rings. The number of nitrogens with one attached hydrogen (secondary N) is 1. The molecule has 8 heteroatoms. The lowest BCUT2D eigenvalue weighted by Crippen LogP contribution is -2.59. The van der Waals surface area contributed by atoms with E-state index < -0.39 is 17.9 Å². The quantitative estimate of drug-likeness (QED) is 0.698. The van der Waals surface area contributed by atoms with E-state index in [4.69, 9.17) is 5.73 Å². The summed E-state index contributed by atoms with van der Waals surface area (Å²) in [5.74, 6) is -0.614. The van der Waals surface area contributed by atoms with Crippen LogP contribution in [-0.2, 0) is 14.4 Å². The van der Waals surface area contributed by atoms with Gasteiger partial charge >= 0.3 is 11.8 Å². The number of piperazine rings is 1. The van der Waals surface area contributed by atoms with Gasteiger partial charge in [0.2, 0.25) is 5.91 Å². The minimum absolute atomic E-state index is 0.0422. The molecule has 3 amide bonds. The number of anilines is 2. The van der Waals surface area contributed by atoms with Crippen LogP contribution < -0.4 is 11.1 Å². The zero-order valence-electron chi connectivity index (χ0n) is 19.3. The first-order chi connectivity index (χ1) is 15.8. The minimum atomic E-state index is -0.722. The predicted molar refractivity (Wildman–Crippen MR) is 126 cm³/mol. The van der Waals surface area contributed by atoms with Crippen LogP contribution in [-0.4, -0.2) is 51.6 Å². The Labute approximate surface area is 194 Å². The standard InChI is InChI=1S/C25H31N5O3/c1-15(2)24(32)29-14-21(18-7-5-4-6-8-18)30(13-16(29)3)25(33)23(31)28-19-11-20(17-9-10-17)22(26)27-12-19/h4-8,11-12,15-17,21H,9-10,13-14H2,1-3H3,(H2,26,27)(H,28,31)/t16-,21-/m1/s1. The second-order valence-electron chi connectivity index (χ2n) is 9.31. The lowest BCUT2D eigenvalue weighted by atomic mass is 9.98. The Morgan fingerprint density at radius 1 is 1.09 bits per heavy atom. The highest BCUT2D eigenvalue weighted by molar-refractivity contribution is 6.39. The van der Waals surface area contributed by atoms with Crippen molar-refractivity contribution in [3.63, 3.8) is 0 Å². The molecular formula is C25H31N5O3. The number of hydrogen-bond acceptors (Lipinski definition) is 5. The van der Waals surface area contributed by atoms with Gasteiger partial charge in [0.15, 0.2) is 0 Å². The van der Waals surface area contributed by atoms with E-state index in [1.165, 1.54) is 6.20 Å². The van der Waals surface area contributed by atoms with Gasteiger partial charge in [-0.1, -0.05) is 44.2 Å². The molecule has 1 aliphatic heterocycles. The van der Waals surface area contributed by atoms with Gasteiger partial charge in [-0.25, -0.2) is 4.98 Å². The molecule has 0 spiro atoms. The van der Waals surface area contributed by atoms with Crippen LogP contribution in [0.25, 0.3) is 0 Å². The largest absolute Gasteiger partial charge is 0.383 e. The molecule has 2 aliphatic rings. The van der Waals surface area contributed by atoms with Crippen molar-refractivity contribution in [2.75, 3.05) is 24.1 Å². The molecule has 3 N–H and O–H groups in total. The highest BCUT2D eigenvalue weighted by atomic mass is 16.2. The summed E-state index contributed by atoms with van der Waals surface area (Å²) in [6.07, 6.45) is 3.58. The molecule has 4 rings (SSSR count). The lowest BCUT2D eigenvalue weighted by molar-refractivity contribution is -0.152. The van der Waals surface area contributed by atoms with Crippen LogP contribution in [0.4, 0.5) is 11.5 Å². The third-order valence-corrected chi connectivity index (χ3v) is 6.38. The van der Waals surface area contributed by atoms with Crippen LogP contribution in [0.15, 0.2) is 42.6 Å². The van der Waals surface area contributed by atoms with Crippen molar-refractivity contribution in [3.05, 3.63) is 53.7 Å². The number of nitrogens with zero attached hydrogens (tertiary/aromatic N) is 3. The summed E-state index contributed by atoms with van der Waals surface area (Å²) in [5, 5.41) is 2.70. The van der Waals surface area contributed by atoms with E-state index in [1.54, 1.807) is 4.90 Å². The van der Waals surface area contributed by atoms with Crippen molar-refractivity contribution in [2.24, 2.45) is 5.92 Å². The maximum Gasteiger partial charge on any atom is 0.313 e. The molecule has 1 saturated heterocycles. The van der Waals surface area contributed by atoms with E-state index in [1.807, 2.05) is 62.1 Å². The van der Waals surface area contributed by atoms with E-state index >= 15 is 0 Å². The summed E-state index contributed by atoms with van der Waals surface area (Å²) in [5.41, 5.74) is 8.22. The fourth-order valence-corrected chi connectivity index (χ4v) is 4.40. The summed E-state index contributed by atoms with van der Waals surface area (Å²) < 4.78 is 0. The second-order valence-corrected chi connectivity index (χ2v) is 9.31. The first kappa shape index (κ1) is 22.8. The van der Waals surface area contributed by atoms with Gasteiger partial charge in [0.25, 0.3) is 0 Å². The number of amides is 3. The number of rotatable bonds is 4. The number of pyridine rings is 1. The van der Waals surface area contributed by atoms with Crippen molar-refractivity contribution in [1.29, 1.82) is 0 Å². The third-order valence-electron chi connectivity index (χ3n) is 6.38. The molecule has 0 bridgehead atoms. The molecule has 174 valence electrons. The molecule has 1 saturated carbocycles. The molecular weight excluding hydrogens is 418 g/mol. The minimum Gasteiger partial charge on any atom is -0.383 e. The van der Waals surface area contributed by atoms with Gasteiger partial charge in [-0.15, -0.1) is 0 Å². The Bertz CT molecular complexity index is 1050. The van der Waals surface area contributed by atoms with E-state index in [-0.39, 0.29) is 24.4 Å². The Morgan fingerprint density at radius 2 is 1.79 bits per heavy atom. The summed E-state index contributed by atoms with van der Waals surface area (Å²) >= 11 is 0. The smallest absolute Gasteiger partial charge is 0.313 e. The van der Waals surface area contributed by atoms with E-state index in [0.29, 0.717) is 24.0 Å². The van der Waals surface area contributed by atoms with Crippen LogP contribution in [0.1, 0.15) is 56.7 Å². The van der Waals surface area contributed by atoms with Crippen molar-refractivity contribution >= 4 is 29.2 Å². The average Bonchev–Trinajstić information content (AvgIpc) is 3.65. The first-order valence-corrected chi connectivity index (χ1v) is 11.5. The second kappa shape index (κ2) is 9.21. The number of nitrogen functional groups attached to an aromatic ring is 1. The summed E-state index contributed by atoms with van der Waals surface area (Å²) in [6, 6.07) is 10.7. The number of nitrogens with two attached hydrogens (primary N) is 1. The first-order valence-electron chi connectivity index (χ1n) is 11.5. The van der Waals surface area contributed by atoms with E-state index in [0.717, 1.165) is 24.0 Å². The van der Waals surface area contributed by atoms with Crippen molar-refractivity contribution in [1.82, 2.24) is 14.8 Å². The number of benzene rings is 1. The highest BCUT2D eigenvalue weighted by Crippen LogP contribution is 2.42. The van der Waals surface area contributed by atoms with Crippen molar-refractivity contribution in [3.8, 4) is 0 Å². The fourth-order valence-electron chi connectivity index (χ4n) is 4.40. The van der Waals surface area contributed by atoms with Crippen LogP contribution in [0.3, 0.4) is 0 Å². The van der Waals surface area contributed by atoms with Gasteiger partial charge in [0.1, 0.15) is 5.82 Å². The van der Waals surface area contributed by atoms with E-state index in [9.17, 15) is 14.4 Å². The molecule has 8 nitrogen and oxygen atoms in total. The Balaban J connectivity index is 1.56. The third kappa shape index (κ3) is 4.84. The zero-order valence-corrected chi connectivity index (χ0v) is 19.3. The average molecular weight is 450 g/mol. The number of carbonyl (C=O) groups is 3. The molecule has 33 heavy (non-hydrogen) atoms. The monoisotopic (exact) mass is 449 g/mol. The Kier molecular flexibility index (Phi) is 6.35. The molecule has 1 aromatic carbocycles. The van der Waals surface area contributed by atoms with Gasteiger partial charge in [0.05, 0.1) is 17.9 Å². The normalized spacial score (nSPS) is 20.6. The zero-order chi connectivity index (χ0) is 23.7. The SMILES string of the molecule is CC(C)C(=O)N1C[C@H](c2ccccc2)N(C(=O)C(=O)Nc2cnc(N)c(C3CC3)c2)C[C@H]1C. The van der Waals surface area contributed by atoms with Crippen LogP contribution >= 0.6 is 0 Å². The van der Waals surface area contributed by atoms with Gasteiger partial charge in [0, 0.05) is 25.0 Å². The molecule has 2 aromatic rings. The molecule has 0 unspecified atom stereocenters. The van der Waals surface area contributed by atoms with Gasteiger partial charge in [-0.2, -0.15) is 0 Å². The number of hydrogen-bond donors (Lipinski definition) is 2. The highest BCUT2D eigenvalue weighted by Gasteiger charge is 2.40. The molecule has 1 aliphatic carbocycles. The maximum atomic E-state index is 13.3. The Morgan fingerprint density at radius 3 is 2.42 bits per heavy atom. The fraction of sp³-hybridized carbons (Fsp3) is 0.440. The molecule has 2 heterocycles. The van der Waals surface area contributed by atoms with Crippen LogP contribution in [0.5, 0.6) is 0 Å². The van der Waals surface area contributed by atoms with Gasteiger partial charge < -0.3 is 20.9 Å². The van der Waals surface area contributed by atoms with Gasteiger partial charge in [-0.3, -0.25) is 14.4 Å². The summed E-state index contributed by atoms with van der Waals surface area (Å²) in [6.45, 7) is 6.27. The van der Waals surface area contributed by atoms with Crippen LogP contribution in [0.2, 0.25) is 0 Å². The predicted octanol–water partition coefficient (Wildman–Crippen LogP) is 2.94. The molecule has 0 radical (unpaired) electrons. The van der Waals surface area contributed by atoms with Gasteiger partial charge in [-0.05, 0) is 42.9 Å². The number of carbonyl (C=O) groups excluding carboxylic acids is 3. The van der Waals surface area contributed by atoms with Crippen molar-refractivity contribution < 1.29 is 14.4 Å². The summed E-state index contributed by atoms with van der Waals surface area (Å²) in [7, 11) is 0. The topological polar surface area (TPSA) is 109 Å². The summed E-state index contributed by atoms with van der Waals surface area (Å²) in [4.78, 5) is 46.6. The molecule has 2 atom stereocenters. The van der Waals surface area contributed by atoms with Crippen LogP contribution in [0, 0.1) is 5.92 Å². The lowest BCUT2D eigenvalue weighted by Gasteiger charge is -2.45. The van der Waals surface area contributed by atoms with E-state index in [2.05, 4.69) is 10.3 Å². The number of aromatic nitrogens is 1.